The summed E-state index contributed by atoms with van der Waals surface area (Å²) in [5.74, 6) is 0.158. The van der Waals surface area contributed by atoms with Gasteiger partial charge in [-0.25, -0.2) is 18.6 Å². The number of hydrogen-bond donors (Lipinski definition) is 1. The molecule has 6 nitrogen and oxygen atoms in total. The molecule has 1 aromatic heterocycles. The van der Waals surface area contributed by atoms with Gasteiger partial charge in [0.1, 0.15) is 11.4 Å². The van der Waals surface area contributed by atoms with E-state index >= 15 is 0 Å². The van der Waals surface area contributed by atoms with Crippen molar-refractivity contribution in [2.75, 3.05) is 0 Å². The van der Waals surface area contributed by atoms with Crippen LogP contribution in [0.5, 0.6) is 0 Å². The van der Waals surface area contributed by atoms with Gasteiger partial charge in [-0.3, -0.25) is 9.36 Å². The van der Waals surface area contributed by atoms with Crippen molar-refractivity contribution in [1.29, 1.82) is 0 Å². The number of fused-ring (bicyclic) bond motifs is 1. The predicted octanol–water partition coefficient (Wildman–Crippen LogP) is 5.87. The third-order valence-corrected chi connectivity index (χ3v) is 5.03. The average molecular weight is 464 g/mol. The number of aryl methyl sites for hydroxylation is 1. The fourth-order valence-electron chi connectivity index (χ4n) is 3.28. The van der Waals surface area contributed by atoms with Crippen molar-refractivity contribution in [2.24, 2.45) is 0 Å². The number of hydrogen-bond acceptors (Lipinski definition) is 4. The SMILES string of the molecule is Cc1ccc(C(F)F)cc1-n1c([C@H](C)NC(=O)OC(C)(C)C)nc2cccc(Cl)c2c1=O. The number of rotatable bonds is 4. The Balaban J connectivity index is 2.26. The summed E-state index contributed by atoms with van der Waals surface area (Å²) in [6.45, 7) is 8.50. The number of benzene rings is 2. The fourth-order valence-corrected chi connectivity index (χ4v) is 3.53. The van der Waals surface area contributed by atoms with E-state index < -0.39 is 29.7 Å². The number of halogens is 3. The van der Waals surface area contributed by atoms with Gasteiger partial charge in [0.15, 0.2) is 0 Å². The highest BCUT2D eigenvalue weighted by molar-refractivity contribution is 6.35. The average Bonchev–Trinajstić information content (AvgIpc) is 2.66. The molecule has 32 heavy (non-hydrogen) atoms. The summed E-state index contributed by atoms with van der Waals surface area (Å²) in [5.41, 5.74) is -0.353. The molecule has 0 aliphatic heterocycles. The molecule has 1 heterocycles. The van der Waals surface area contributed by atoms with Crippen LogP contribution in [0.4, 0.5) is 13.6 Å². The van der Waals surface area contributed by atoms with Crippen molar-refractivity contribution in [1.82, 2.24) is 14.9 Å². The van der Waals surface area contributed by atoms with E-state index in [1.165, 1.54) is 22.8 Å². The Morgan fingerprint density at radius 1 is 1.22 bits per heavy atom. The molecule has 3 aromatic rings. The van der Waals surface area contributed by atoms with Gasteiger partial charge in [-0.1, -0.05) is 29.8 Å². The molecule has 3 rings (SSSR count). The number of nitrogens with one attached hydrogen (secondary N) is 1. The van der Waals surface area contributed by atoms with Gasteiger partial charge in [-0.05, 0) is 58.4 Å². The first kappa shape index (κ1) is 23.7. The van der Waals surface area contributed by atoms with E-state index in [1.807, 2.05) is 0 Å². The maximum atomic E-state index is 13.5. The minimum atomic E-state index is -2.72. The number of carbonyl (C=O) groups excluding carboxylic acids is 1. The van der Waals surface area contributed by atoms with Crippen LogP contribution >= 0.6 is 11.6 Å². The second-order valence-electron chi connectivity index (χ2n) is 8.46. The summed E-state index contributed by atoms with van der Waals surface area (Å²) in [7, 11) is 0. The largest absolute Gasteiger partial charge is 0.444 e. The molecule has 2 aromatic carbocycles. The summed E-state index contributed by atoms with van der Waals surface area (Å²) in [5, 5.41) is 3.01. The molecular weight excluding hydrogens is 440 g/mol. The Kier molecular flexibility index (Phi) is 6.55. The predicted molar refractivity (Wildman–Crippen MR) is 120 cm³/mol. The normalized spacial score (nSPS) is 12.8. The van der Waals surface area contributed by atoms with E-state index in [0.717, 1.165) is 0 Å². The number of ether oxygens (including phenoxy) is 1. The van der Waals surface area contributed by atoms with Gasteiger partial charge in [0.2, 0.25) is 0 Å². The van der Waals surface area contributed by atoms with Crippen LogP contribution in [0.1, 0.15) is 57.1 Å². The van der Waals surface area contributed by atoms with Crippen molar-refractivity contribution >= 4 is 28.6 Å². The maximum absolute atomic E-state index is 13.5. The lowest BCUT2D eigenvalue weighted by Gasteiger charge is -2.24. The van der Waals surface area contributed by atoms with E-state index in [9.17, 15) is 18.4 Å². The highest BCUT2D eigenvalue weighted by Crippen LogP contribution is 2.27. The van der Waals surface area contributed by atoms with Crippen molar-refractivity contribution < 1.29 is 18.3 Å². The zero-order chi connectivity index (χ0) is 23.8. The summed E-state index contributed by atoms with van der Waals surface area (Å²) in [6.07, 6.45) is -3.42. The molecule has 0 aliphatic carbocycles. The standard InChI is InChI=1S/C23H24ClF2N3O3/c1-12-9-10-14(19(25)26)11-17(12)29-20(13(2)27-22(31)32-23(3,4)5)28-16-8-6-7-15(24)18(16)21(29)30/h6-11,13,19H,1-5H3,(H,27,31)/t13-/m0/s1. The number of aromatic nitrogens is 2. The fraction of sp³-hybridized carbons (Fsp3) is 0.348. The Bertz CT molecular complexity index is 1240. The van der Waals surface area contributed by atoms with Crippen LogP contribution < -0.4 is 10.9 Å². The van der Waals surface area contributed by atoms with Gasteiger partial charge < -0.3 is 10.1 Å². The molecule has 0 spiro atoms. The van der Waals surface area contributed by atoms with E-state index in [4.69, 9.17) is 16.3 Å². The summed E-state index contributed by atoms with van der Waals surface area (Å²) < 4.78 is 33.3. The molecule has 0 unspecified atom stereocenters. The molecule has 0 saturated heterocycles. The van der Waals surface area contributed by atoms with Gasteiger partial charge in [-0.2, -0.15) is 0 Å². The van der Waals surface area contributed by atoms with E-state index in [0.29, 0.717) is 11.1 Å². The minimum absolute atomic E-state index is 0.157. The lowest BCUT2D eigenvalue weighted by atomic mass is 10.1. The van der Waals surface area contributed by atoms with Crippen LogP contribution in [0.2, 0.25) is 5.02 Å². The van der Waals surface area contributed by atoms with Crippen LogP contribution in [0, 0.1) is 6.92 Å². The lowest BCUT2D eigenvalue weighted by Crippen LogP contribution is -2.37. The van der Waals surface area contributed by atoms with E-state index in [2.05, 4.69) is 10.3 Å². The molecular formula is C23H24ClF2N3O3. The third kappa shape index (κ3) is 4.91. The Labute approximate surface area is 189 Å². The third-order valence-electron chi connectivity index (χ3n) is 4.72. The Morgan fingerprint density at radius 2 is 1.91 bits per heavy atom. The van der Waals surface area contributed by atoms with Crippen LogP contribution in [-0.2, 0) is 4.74 Å². The highest BCUT2D eigenvalue weighted by Gasteiger charge is 2.24. The van der Waals surface area contributed by atoms with E-state index in [-0.39, 0.29) is 27.5 Å². The van der Waals surface area contributed by atoms with Crippen LogP contribution in [0.25, 0.3) is 16.6 Å². The molecule has 1 amide bonds. The molecule has 0 bridgehead atoms. The van der Waals surface area contributed by atoms with Crippen molar-refractivity contribution in [3.05, 3.63) is 68.7 Å². The first-order valence-corrected chi connectivity index (χ1v) is 10.4. The maximum Gasteiger partial charge on any atom is 0.408 e. The number of nitrogens with zero attached hydrogens (tertiary/aromatic N) is 2. The second kappa shape index (κ2) is 8.86. The second-order valence-corrected chi connectivity index (χ2v) is 8.87. The highest BCUT2D eigenvalue weighted by atomic mass is 35.5. The number of alkyl carbamates (subject to hydrolysis) is 1. The van der Waals surface area contributed by atoms with Crippen LogP contribution in [0.3, 0.4) is 0 Å². The lowest BCUT2D eigenvalue weighted by molar-refractivity contribution is 0.0505. The summed E-state index contributed by atoms with van der Waals surface area (Å²) >= 11 is 6.27. The Morgan fingerprint density at radius 3 is 2.53 bits per heavy atom. The first-order chi connectivity index (χ1) is 14.9. The topological polar surface area (TPSA) is 73.2 Å². The molecule has 1 atom stereocenters. The molecule has 170 valence electrons. The van der Waals surface area contributed by atoms with Gasteiger partial charge >= 0.3 is 6.09 Å². The van der Waals surface area contributed by atoms with Gasteiger partial charge in [0.25, 0.3) is 12.0 Å². The van der Waals surface area contributed by atoms with Crippen molar-refractivity contribution in [3.8, 4) is 5.69 Å². The zero-order valence-corrected chi connectivity index (χ0v) is 19.1. The van der Waals surface area contributed by atoms with Gasteiger partial charge in [-0.15, -0.1) is 0 Å². The molecule has 0 fully saturated rings. The number of alkyl halides is 2. The summed E-state index contributed by atoms with van der Waals surface area (Å²) in [6, 6.07) is 8.11. The summed E-state index contributed by atoms with van der Waals surface area (Å²) in [4.78, 5) is 30.4. The quantitative estimate of drug-likeness (QED) is 0.525. The molecule has 1 N–H and O–H groups in total. The first-order valence-electron chi connectivity index (χ1n) is 9.99. The van der Waals surface area contributed by atoms with Gasteiger partial charge in [0.05, 0.1) is 27.7 Å². The van der Waals surface area contributed by atoms with Crippen molar-refractivity contribution in [3.63, 3.8) is 0 Å². The molecule has 9 heteroatoms. The smallest absolute Gasteiger partial charge is 0.408 e. The molecule has 0 aliphatic rings. The van der Waals surface area contributed by atoms with Crippen LogP contribution in [0.15, 0.2) is 41.2 Å². The number of amides is 1. The van der Waals surface area contributed by atoms with Crippen LogP contribution in [-0.4, -0.2) is 21.2 Å². The monoisotopic (exact) mass is 463 g/mol. The zero-order valence-electron chi connectivity index (χ0n) is 18.4. The Hall–Kier alpha value is -3.00. The van der Waals surface area contributed by atoms with E-state index in [1.54, 1.807) is 52.8 Å². The van der Waals surface area contributed by atoms with Gasteiger partial charge in [0, 0.05) is 5.56 Å². The number of carbonyl (C=O) groups is 1. The van der Waals surface area contributed by atoms with Crippen molar-refractivity contribution in [2.45, 2.75) is 52.7 Å². The minimum Gasteiger partial charge on any atom is -0.444 e. The molecule has 0 saturated carbocycles. The molecule has 0 radical (unpaired) electrons.